The summed E-state index contributed by atoms with van der Waals surface area (Å²) in [7, 11) is 0. The highest BCUT2D eigenvalue weighted by Crippen LogP contribution is 2.23. The Morgan fingerprint density at radius 2 is 1.85 bits per heavy atom. The number of benzene rings is 2. The van der Waals surface area contributed by atoms with E-state index in [1.165, 1.54) is 11.6 Å². The van der Waals surface area contributed by atoms with E-state index in [0.717, 1.165) is 5.56 Å². The van der Waals surface area contributed by atoms with Crippen LogP contribution < -0.4 is 5.32 Å². The van der Waals surface area contributed by atoms with Crippen LogP contribution in [0.1, 0.15) is 32.7 Å². The molecule has 1 amide bonds. The smallest absolute Gasteiger partial charge is 0.260 e. The lowest BCUT2D eigenvalue weighted by atomic mass is 10.1. The molecular formula is C20H19ClFN3O. The van der Waals surface area contributed by atoms with E-state index in [2.05, 4.69) is 10.4 Å². The molecule has 0 atom stereocenters. The maximum absolute atomic E-state index is 13.7. The van der Waals surface area contributed by atoms with Crippen molar-refractivity contribution in [2.24, 2.45) is 0 Å². The van der Waals surface area contributed by atoms with Crippen LogP contribution in [0.4, 0.5) is 10.1 Å². The first kappa shape index (κ1) is 18.1. The summed E-state index contributed by atoms with van der Waals surface area (Å²) in [5, 5.41) is 7.31. The van der Waals surface area contributed by atoms with E-state index in [9.17, 15) is 9.18 Å². The van der Waals surface area contributed by atoms with Crippen LogP contribution in [0.5, 0.6) is 0 Å². The van der Waals surface area contributed by atoms with Gasteiger partial charge in [-0.15, -0.1) is 0 Å². The molecule has 0 radical (unpaired) electrons. The number of carbonyl (C=O) groups excluding carboxylic acids is 1. The first-order valence-electron chi connectivity index (χ1n) is 8.21. The molecule has 0 spiro atoms. The third-order valence-electron chi connectivity index (χ3n) is 4.18. The van der Waals surface area contributed by atoms with Crippen molar-refractivity contribution in [1.82, 2.24) is 9.78 Å². The topological polar surface area (TPSA) is 46.9 Å². The summed E-state index contributed by atoms with van der Waals surface area (Å²) in [6.07, 6.45) is 0. The second-order valence-corrected chi connectivity index (χ2v) is 6.67. The minimum absolute atomic E-state index is 0.258. The van der Waals surface area contributed by atoms with Gasteiger partial charge in [-0.25, -0.2) is 9.07 Å². The van der Waals surface area contributed by atoms with Crippen molar-refractivity contribution in [2.45, 2.75) is 27.3 Å². The molecule has 0 aliphatic heterocycles. The number of nitrogens with one attached hydrogen (secondary N) is 1. The van der Waals surface area contributed by atoms with Crippen molar-refractivity contribution in [2.75, 3.05) is 5.32 Å². The molecule has 0 unspecified atom stereocenters. The standard InChI is InChI=1S/C20H19ClFN3O/c1-12-4-7-15(8-5-12)11-25-19(21)18(14(3)24-25)20(26)23-16-9-6-13(2)17(22)10-16/h4-10H,11H2,1-3H3,(H,23,26). The Hall–Kier alpha value is -2.66. The molecule has 0 saturated carbocycles. The van der Waals surface area contributed by atoms with Crippen LogP contribution in [0, 0.1) is 26.6 Å². The van der Waals surface area contributed by atoms with Crippen LogP contribution in [0.15, 0.2) is 42.5 Å². The molecule has 4 nitrogen and oxygen atoms in total. The van der Waals surface area contributed by atoms with Crippen LogP contribution in [-0.4, -0.2) is 15.7 Å². The van der Waals surface area contributed by atoms with Crippen LogP contribution in [-0.2, 0) is 6.54 Å². The van der Waals surface area contributed by atoms with Gasteiger partial charge in [-0.3, -0.25) is 4.79 Å². The number of halogens is 2. The van der Waals surface area contributed by atoms with Gasteiger partial charge in [0.25, 0.3) is 5.91 Å². The Kier molecular flexibility index (Phi) is 5.09. The maximum Gasteiger partial charge on any atom is 0.260 e. The van der Waals surface area contributed by atoms with E-state index < -0.39 is 5.91 Å². The monoisotopic (exact) mass is 371 g/mol. The molecule has 6 heteroatoms. The number of anilines is 1. The molecule has 1 aromatic heterocycles. The average molecular weight is 372 g/mol. The van der Waals surface area contributed by atoms with E-state index >= 15 is 0 Å². The molecule has 0 bridgehead atoms. The van der Waals surface area contributed by atoms with Crippen LogP contribution in [0.2, 0.25) is 5.15 Å². The van der Waals surface area contributed by atoms with Gasteiger partial charge in [0.15, 0.2) is 0 Å². The highest BCUT2D eigenvalue weighted by atomic mass is 35.5. The Labute approximate surface area is 156 Å². The zero-order chi connectivity index (χ0) is 18.8. The summed E-state index contributed by atoms with van der Waals surface area (Å²) in [5.41, 5.74) is 3.91. The molecule has 0 aliphatic rings. The van der Waals surface area contributed by atoms with Gasteiger partial charge in [0.2, 0.25) is 0 Å². The zero-order valence-electron chi connectivity index (χ0n) is 14.8. The number of hydrogen-bond donors (Lipinski definition) is 1. The lowest BCUT2D eigenvalue weighted by Crippen LogP contribution is -2.13. The highest BCUT2D eigenvalue weighted by Gasteiger charge is 2.20. The number of aromatic nitrogens is 2. The van der Waals surface area contributed by atoms with E-state index in [-0.39, 0.29) is 11.0 Å². The first-order valence-corrected chi connectivity index (χ1v) is 8.59. The summed E-state index contributed by atoms with van der Waals surface area (Å²) in [6, 6.07) is 12.6. The molecule has 134 valence electrons. The van der Waals surface area contributed by atoms with Gasteiger partial charge in [-0.1, -0.05) is 47.5 Å². The third-order valence-corrected chi connectivity index (χ3v) is 4.56. The molecule has 2 aromatic carbocycles. The van der Waals surface area contributed by atoms with Crippen molar-refractivity contribution in [3.05, 3.63) is 81.4 Å². The van der Waals surface area contributed by atoms with Crippen molar-refractivity contribution < 1.29 is 9.18 Å². The van der Waals surface area contributed by atoms with Gasteiger partial charge >= 0.3 is 0 Å². The maximum atomic E-state index is 13.7. The minimum Gasteiger partial charge on any atom is -0.322 e. The van der Waals surface area contributed by atoms with Crippen molar-refractivity contribution in [3.8, 4) is 0 Å². The Morgan fingerprint density at radius 3 is 2.50 bits per heavy atom. The minimum atomic E-state index is -0.411. The molecule has 1 heterocycles. The van der Waals surface area contributed by atoms with Gasteiger partial charge in [0.1, 0.15) is 11.0 Å². The summed E-state index contributed by atoms with van der Waals surface area (Å²) in [6.45, 7) is 5.87. The predicted molar refractivity (Wildman–Crippen MR) is 101 cm³/mol. The number of carbonyl (C=O) groups is 1. The molecule has 0 fully saturated rings. The normalized spacial score (nSPS) is 10.8. The SMILES string of the molecule is Cc1ccc(Cn2nc(C)c(C(=O)Nc3ccc(C)c(F)c3)c2Cl)cc1. The van der Waals surface area contributed by atoms with Crippen LogP contribution in [0.25, 0.3) is 0 Å². The molecule has 0 aliphatic carbocycles. The number of hydrogen-bond acceptors (Lipinski definition) is 2. The van der Waals surface area contributed by atoms with Gasteiger partial charge < -0.3 is 5.32 Å². The largest absolute Gasteiger partial charge is 0.322 e. The zero-order valence-corrected chi connectivity index (χ0v) is 15.6. The van der Waals surface area contributed by atoms with Gasteiger partial charge in [0.05, 0.1) is 17.8 Å². The lowest BCUT2D eigenvalue weighted by molar-refractivity contribution is 0.102. The summed E-state index contributed by atoms with van der Waals surface area (Å²) < 4.78 is 15.3. The molecular weight excluding hydrogens is 353 g/mol. The Morgan fingerprint density at radius 1 is 1.15 bits per heavy atom. The van der Waals surface area contributed by atoms with Gasteiger partial charge in [-0.2, -0.15) is 5.10 Å². The van der Waals surface area contributed by atoms with Crippen molar-refractivity contribution >= 4 is 23.2 Å². The summed E-state index contributed by atoms with van der Waals surface area (Å²) >= 11 is 6.39. The molecule has 1 N–H and O–H groups in total. The van der Waals surface area contributed by atoms with Gasteiger partial charge in [-0.05, 0) is 44.0 Å². The average Bonchev–Trinajstić information content (AvgIpc) is 2.87. The molecule has 3 aromatic rings. The summed E-state index contributed by atoms with van der Waals surface area (Å²) in [5.74, 6) is -0.786. The predicted octanol–water partition coefficient (Wildman–Crippen LogP) is 4.90. The quantitative estimate of drug-likeness (QED) is 0.708. The molecule has 26 heavy (non-hydrogen) atoms. The summed E-state index contributed by atoms with van der Waals surface area (Å²) in [4.78, 5) is 12.6. The van der Waals surface area contributed by atoms with Crippen LogP contribution in [0.3, 0.4) is 0 Å². The fourth-order valence-electron chi connectivity index (χ4n) is 2.65. The number of amides is 1. The number of aryl methyl sites for hydroxylation is 3. The second-order valence-electron chi connectivity index (χ2n) is 6.31. The number of nitrogens with zero attached hydrogens (tertiary/aromatic N) is 2. The first-order chi connectivity index (χ1) is 12.3. The van der Waals surface area contributed by atoms with Crippen LogP contribution >= 0.6 is 11.6 Å². The third kappa shape index (κ3) is 3.78. The Balaban J connectivity index is 1.83. The second kappa shape index (κ2) is 7.30. The fraction of sp³-hybridized carbons (Fsp3) is 0.200. The van der Waals surface area contributed by atoms with Gasteiger partial charge in [0, 0.05) is 5.69 Å². The van der Waals surface area contributed by atoms with Crippen molar-refractivity contribution in [3.63, 3.8) is 0 Å². The van der Waals surface area contributed by atoms with E-state index in [1.807, 2.05) is 31.2 Å². The fourth-order valence-corrected chi connectivity index (χ4v) is 2.97. The lowest BCUT2D eigenvalue weighted by Gasteiger charge is -2.07. The van der Waals surface area contributed by atoms with E-state index in [0.29, 0.717) is 29.1 Å². The van der Waals surface area contributed by atoms with Crippen molar-refractivity contribution in [1.29, 1.82) is 0 Å². The molecule has 0 saturated heterocycles. The Bertz CT molecular complexity index is 964. The molecule has 3 rings (SSSR count). The number of rotatable bonds is 4. The van der Waals surface area contributed by atoms with E-state index in [1.54, 1.807) is 30.7 Å². The highest BCUT2D eigenvalue weighted by molar-refractivity contribution is 6.33. The van der Waals surface area contributed by atoms with E-state index in [4.69, 9.17) is 11.6 Å².